The van der Waals surface area contributed by atoms with E-state index >= 15 is 0 Å². The van der Waals surface area contributed by atoms with E-state index < -0.39 is 0 Å². The molecule has 0 N–H and O–H groups in total. The van der Waals surface area contributed by atoms with Gasteiger partial charge in [-0.3, -0.25) is 0 Å². The minimum atomic E-state index is 0.467. The van der Waals surface area contributed by atoms with Gasteiger partial charge in [0, 0.05) is 18.7 Å². The molecule has 1 aliphatic heterocycles. The van der Waals surface area contributed by atoms with Gasteiger partial charge in [-0.15, -0.1) is 0 Å². The van der Waals surface area contributed by atoms with Crippen molar-refractivity contribution >= 4 is 22.9 Å². The van der Waals surface area contributed by atoms with Gasteiger partial charge in [-0.2, -0.15) is 0 Å². The molecule has 0 aliphatic carbocycles. The predicted octanol–water partition coefficient (Wildman–Crippen LogP) is 4.05. The van der Waals surface area contributed by atoms with E-state index in [-0.39, 0.29) is 0 Å². The maximum atomic E-state index is 5.55. The molecule has 2 heteroatoms. The summed E-state index contributed by atoms with van der Waals surface area (Å²) in [5.41, 5.74) is 4.07. The van der Waals surface area contributed by atoms with Crippen LogP contribution >= 0.6 is 12.2 Å². The molecule has 0 saturated heterocycles. The lowest BCUT2D eigenvalue weighted by Crippen LogP contribution is -2.21. The van der Waals surface area contributed by atoms with Crippen LogP contribution in [0.5, 0.6) is 0 Å². The van der Waals surface area contributed by atoms with Gasteiger partial charge in [-0.25, -0.2) is 0 Å². The third kappa shape index (κ3) is 1.86. The Kier molecular flexibility index (Phi) is 3.29. The second-order valence-corrected chi connectivity index (χ2v) is 5.07. The normalized spacial score (nSPS) is 19.1. The van der Waals surface area contributed by atoms with Crippen molar-refractivity contribution in [3.8, 4) is 0 Å². The molecule has 0 radical (unpaired) electrons. The summed E-state index contributed by atoms with van der Waals surface area (Å²) in [7, 11) is 2.09. The second kappa shape index (κ2) is 4.54. The Morgan fingerprint density at radius 1 is 1.38 bits per heavy atom. The highest BCUT2D eigenvalue weighted by Crippen LogP contribution is 2.40. The molecule has 1 aromatic rings. The molecule has 0 fully saturated rings. The van der Waals surface area contributed by atoms with Crippen molar-refractivity contribution in [2.75, 3.05) is 11.9 Å². The van der Waals surface area contributed by atoms with Crippen LogP contribution in [0.1, 0.15) is 43.2 Å². The Balaban J connectivity index is 2.35. The van der Waals surface area contributed by atoms with Gasteiger partial charge in [0.25, 0.3) is 0 Å². The Bertz CT molecular complexity index is 411. The van der Waals surface area contributed by atoms with Crippen LogP contribution in [0.15, 0.2) is 18.2 Å². The lowest BCUT2D eigenvalue weighted by atomic mass is 9.94. The lowest BCUT2D eigenvalue weighted by Gasteiger charge is -2.14. The van der Waals surface area contributed by atoms with Crippen LogP contribution in [-0.2, 0) is 0 Å². The van der Waals surface area contributed by atoms with Gasteiger partial charge in [-0.1, -0.05) is 49.7 Å². The Morgan fingerprint density at radius 2 is 2.12 bits per heavy atom. The average molecular weight is 233 g/mol. The molecular formula is C14H19NS. The number of fused-ring (bicyclic) bond motifs is 1. The van der Waals surface area contributed by atoms with Crippen molar-refractivity contribution in [1.29, 1.82) is 0 Å². The number of anilines is 1. The number of hydrogen-bond donors (Lipinski definition) is 0. The molecule has 1 aromatic carbocycles. The summed E-state index contributed by atoms with van der Waals surface area (Å²) in [5.74, 6) is 0.467. The maximum absolute atomic E-state index is 5.55. The Morgan fingerprint density at radius 3 is 2.81 bits per heavy atom. The van der Waals surface area contributed by atoms with Crippen molar-refractivity contribution < 1.29 is 0 Å². The molecule has 1 aliphatic rings. The van der Waals surface area contributed by atoms with Crippen molar-refractivity contribution in [3.63, 3.8) is 0 Å². The smallest absolute Gasteiger partial charge is 0.0897 e. The zero-order valence-electron chi connectivity index (χ0n) is 10.3. The van der Waals surface area contributed by atoms with E-state index in [1.807, 2.05) is 0 Å². The van der Waals surface area contributed by atoms with E-state index in [0.717, 1.165) is 4.99 Å². The predicted molar refractivity (Wildman–Crippen MR) is 74.4 cm³/mol. The number of likely N-dealkylation sites (N-methyl/N-ethyl adjacent to an activating group) is 1. The quantitative estimate of drug-likeness (QED) is 0.725. The summed E-state index contributed by atoms with van der Waals surface area (Å²) in [6, 6.07) is 6.66. The summed E-state index contributed by atoms with van der Waals surface area (Å²) >= 11 is 5.55. The van der Waals surface area contributed by atoms with Gasteiger partial charge in [0.05, 0.1) is 4.99 Å². The number of unbranched alkanes of at least 4 members (excludes halogenated alkanes) is 1. The van der Waals surface area contributed by atoms with E-state index in [2.05, 4.69) is 44.0 Å². The SMILES string of the molecule is CCCCC1C(=S)N(C)c2ccc(C)cc21. The van der Waals surface area contributed by atoms with E-state index in [1.165, 1.54) is 36.1 Å². The van der Waals surface area contributed by atoms with E-state index in [4.69, 9.17) is 12.2 Å². The second-order valence-electron chi connectivity index (χ2n) is 4.65. The summed E-state index contributed by atoms with van der Waals surface area (Å²) in [4.78, 5) is 3.26. The number of hydrogen-bond acceptors (Lipinski definition) is 1. The zero-order valence-corrected chi connectivity index (χ0v) is 11.1. The molecule has 2 rings (SSSR count). The summed E-state index contributed by atoms with van der Waals surface area (Å²) in [5, 5.41) is 0. The first kappa shape index (κ1) is 11.6. The number of nitrogens with zero attached hydrogens (tertiary/aromatic N) is 1. The summed E-state index contributed by atoms with van der Waals surface area (Å²) in [6.45, 7) is 4.39. The van der Waals surface area contributed by atoms with Crippen molar-refractivity contribution in [2.45, 2.75) is 39.0 Å². The van der Waals surface area contributed by atoms with Crippen LogP contribution in [0, 0.1) is 6.92 Å². The largest absolute Gasteiger partial charge is 0.338 e. The van der Waals surface area contributed by atoms with Gasteiger partial charge < -0.3 is 4.90 Å². The van der Waals surface area contributed by atoms with Gasteiger partial charge in [0.1, 0.15) is 0 Å². The van der Waals surface area contributed by atoms with Gasteiger partial charge in [-0.05, 0) is 25.0 Å². The van der Waals surface area contributed by atoms with E-state index in [0.29, 0.717) is 5.92 Å². The first-order valence-corrected chi connectivity index (χ1v) is 6.44. The molecule has 0 amide bonds. The third-order valence-corrected chi connectivity index (χ3v) is 3.95. The van der Waals surface area contributed by atoms with Gasteiger partial charge in [0.15, 0.2) is 0 Å². The van der Waals surface area contributed by atoms with Crippen molar-refractivity contribution in [2.24, 2.45) is 0 Å². The first-order valence-electron chi connectivity index (χ1n) is 6.03. The third-order valence-electron chi connectivity index (χ3n) is 3.39. The maximum Gasteiger partial charge on any atom is 0.0897 e. The summed E-state index contributed by atoms with van der Waals surface area (Å²) in [6.07, 6.45) is 3.69. The van der Waals surface area contributed by atoms with Crippen LogP contribution in [0.3, 0.4) is 0 Å². The zero-order chi connectivity index (χ0) is 11.7. The van der Waals surface area contributed by atoms with Crippen molar-refractivity contribution in [3.05, 3.63) is 29.3 Å². The minimum absolute atomic E-state index is 0.467. The Labute approximate surface area is 103 Å². The molecular weight excluding hydrogens is 214 g/mol. The van der Waals surface area contributed by atoms with E-state index in [9.17, 15) is 0 Å². The number of thiocarbonyl (C=S) groups is 1. The molecule has 0 bridgehead atoms. The molecule has 1 heterocycles. The number of rotatable bonds is 3. The highest BCUT2D eigenvalue weighted by atomic mass is 32.1. The van der Waals surface area contributed by atoms with Crippen molar-refractivity contribution in [1.82, 2.24) is 0 Å². The topological polar surface area (TPSA) is 3.24 Å². The lowest BCUT2D eigenvalue weighted by molar-refractivity contribution is 0.693. The first-order chi connectivity index (χ1) is 7.65. The fourth-order valence-electron chi connectivity index (χ4n) is 2.43. The van der Waals surface area contributed by atoms with Gasteiger partial charge >= 0.3 is 0 Å². The molecule has 1 unspecified atom stereocenters. The van der Waals surface area contributed by atoms with Gasteiger partial charge in [0.2, 0.25) is 0 Å². The molecule has 1 nitrogen and oxygen atoms in total. The minimum Gasteiger partial charge on any atom is -0.338 e. The number of benzene rings is 1. The molecule has 0 saturated carbocycles. The number of aryl methyl sites for hydroxylation is 1. The molecule has 0 spiro atoms. The molecule has 86 valence electrons. The monoisotopic (exact) mass is 233 g/mol. The molecule has 0 aromatic heterocycles. The highest BCUT2D eigenvalue weighted by molar-refractivity contribution is 7.80. The van der Waals surface area contributed by atoms with Crippen LogP contribution < -0.4 is 4.90 Å². The fourth-order valence-corrected chi connectivity index (χ4v) is 2.77. The van der Waals surface area contributed by atoms with Crippen LogP contribution in [0.2, 0.25) is 0 Å². The van der Waals surface area contributed by atoms with Crippen LogP contribution in [0.4, 0.5) is 5.69 Å². The highest BCUT2D eigenvalue weighted by Gasteiger charge is 2.30. The fraction of sp³-hybridized carbons (Fsp3) is 0.500. The summed E-state index contributed by atoms with van der Waals surface area (Å²) < 4.78 is 0. The van der Waals surface area contributed by atoms with E-state index in [1.54, 1.807) is 0 Å². The molecule has 16 heavy (non-hydrogen) atoms. The standard InChI is InChI=1S/C14H19NS/c1-4-5-6-11-12-9-10(2)7-8-13(12)15(3)14(11)16/h7-9,11H,4-6H2,1-3H3. The molecule has 1 atom stereocenters. The van der Waals surface area contributed by atoms with Crippen LogP contribution in [0.25, 0.3) is 0 Å². The average Bonchev–Trinajstić information content (AvgIpc) is 2.50. The van der Waals surface area contributed by atoms with Crippen LogP contribution in [-0.4, -0.2) is 12.0 Å². The Hall–Kier alpha value is -0.890.